The summed E-state index contributed by atoms with van der Waals surface area (Å²) in [7, 11) is 0. The van der Waals surface area contributed by atoms with Crippen LogP contribution in [0.3, 0.4) is 0 Å². The average molecular weight is 178 g/mol. The Morgan fingerprint density at radius 3 is 3.42 bits per heavy atom. The van der Waals surface area contributed by atoms with E-state index < -0.39 is 0 Å². The molecule has 0 atom stereocenters. The third kappa shape index (κ3) is 1.20. The molecule has 60 valence electrons. The zero-order valence-electron chi connectivity index (χ0n) is 6.27. The van der Waals surface area contributed by atoms with Crippen LogP contribution in [-0.2, 0) is 13.1 Å². The minimum atomic E-state index is 0.460. The van der Waals surface area contributed by atoms with Gasteiger partial charge in [-0.3, -0.25) is 4.99 Å². The summed E-state index contributed by atoms with van der Waals surface area (Å²) in [6.45, 7) is 1.24. The lowest BCUT2D eigenvalue weighted by atomic mass is 10.3. The predicted octanol–water partition coefficient (Wildman–Crippen LogP) is 2.49. The molecule has 1 aliphatic heterocycles. The molecule has 0 aromatic carbocycles. The third-order valence-corrected chi connectivity index (χ3v) is 2.75. The second kappa shape index (κ2) is 2.97. The van der Waals surface area contributed by atoms with Gasteiger partial charge in [-0.05, 0) is 17.2 Å². The lowest BCUT2D eigenvalue weighted by Crippen LogP contribution is -1.72. The number of hydrogen-bond donors (Lipinski definition) is 0. The summed E-state index contributed by atoms with van der Waals surface area (Å²) in [5.74, 6) is 0. The first-order chi connectivity index (χ1) is 5.90. The molecular formula is C7H6N4S. The maximum atomic E-state index is 8.11. The van der Waals surface area contributed by atoms with E-state index in [1.807, 2.05) is 6.21 Å². The van der Waals surface area contributed by atoms with Crippen LogP contribution >= 0.6 is 11.3 Å². The maximum absolute atomic E-state index is 8.11. The van der Waals surface area contributed by atoms with E-state index in [0.717, 1.165) is 11.4 Å². The Balaban J connectivity index is 2.24. The molecule has 0 spiro atoms. The van der Waals surface area contributed by atoms with E-state index in [1.54, 1.807) is 11.3 Å². The van der Waals surface area contributed by atoms with Gasteiger partial charge in [-0.2, -0.15) is 0 Å². The molecule has 0 unspecified atom stereocenters. The van der Waals surface area contributed by atoms with Gasteiger partial charge >= 0.3 is 0 Å². The van der Waals surface area contributed by atoms with E-state index in [1.165, 1.54) is 10.4 Å². The van der Waals surface area contributed by atoms with Crippen LogP contribution in [0.25, 0.3) is 10.4 Å². The molecule has 0 N–H and O–H groups in total. The second-order valence-corrected chi connectivity index (χ2v) is 3.63. The maximum Gasteiger partial charge on any atom is 0.0655 e. The largest absolute Gasteiger partial charge is 0.287 e. The van der Waals surface area contributed by atoms with Gasteiger partial charge in [-0.1, -0.05) is 5.11 Å². The highest BCUT2D eigenvalue weighted by Gasteiger charge is 2.09. The van der Waals surface area contributed by atoms with Gasteiger partial charge in [0.2, 0.25) is 0 Å². The van der Waals surface area contributed by atoms with E-state index in [-0.39, 0.29) is 0 Å². The molecule has 1 aromatic rings. The van der Waals surface area contributed by atoms with Crippen molar-refractivity contribution in [3.8, 4) is 0 Å². The molecule has 0 aliphatic carbocycles. The number of thiophene rings is 1. The predicted molar refractivity (Wildman–Crippen MR) is 48.5 cm³/mol. The Labute approximate surface area is 73.2 Å². The van der Waals surface area contributed by atoms with Crippen molar-refractivity contribution in [2.24, 2.45) is 10.1 Å². The van der Waals surface area contributed by atoms with E-state index >= 15 is 0 Å². The van der Waals surface area contributed by atoms with Gasteiger partial charge in [0.25, 0.3) is 0 Å². The Morgan fingerprint density at radius 1 is 1.75 bits per heavy atom. The highest BCUT2D eigenvalue weighted by Crippen LogP contribution is 2.25. The Kier molecular flexibility index (Phi) is 1.81. The van der Waals surface area contributed by atoms with Crippen LogP contribution in [0.5, 0.6) is 0 Å². The molecule has 0 radical (unpaired) electrons. The van der Waals surface area contributed by atoms with Crippen molar-refractivity contribution in [3.05, 3.63) is 31.8 Å². The van der Waals surface area contributed by atoms with Gasteiger partial charge in [0.1, 0.15) is 0 Å². The fourth-order valence-electron chi connectivity index (χ4n) is 1.14. The molecule has 12 heavy (non-hydrogen) atoms. The molecule has 2 heterocycles. The van der Waals surface area contributed by atoms with Crippen molar-refractivity contribution in [2.75, 3.05) is 0 Å². The van der Waals surface area contributed by atoms with Gasteiger partial charge in [0, 0.05) is 16.0 Å². The van der Waals surface area contributed by atoms with E-state index in [4.69, 9.17) is 5.53 Å². The highest BCUT2D eigenvalue weighted by atomic mass is 32.1. The molecule has 1 aromatic heterocycles. The summed E-state index contributed by atoms with van der Waals surface area (Å²) in [5.41, 5.74) is 9.36. The standard InChI is InChI=1S/C7H6N4S/c8-11-10-3-6-1-5-2-9-4-7(5)12-6/h1,4H,2-3H2. The first-order valence-electron chi connectivity index (χ1n) is 3.52. The zero-order chi connectivity index (χ0) is 8.39. The van der Waals surface area contributed by atoms with Crippen LogP contribution in [0.4, 0.5) is 0 Å². The van der Waals surface area contributed by atoms with Crippen LogP contribution < -0.4 is 0 Å². The van der Waals surface area contributed by atoms with Crippen molar-refractivity contribution in [1.82, 2.24) is 0 Å². The van der Waals surface area contributed by atoms with Crippen molar-refractivity contribution in [1.29, 1.82) is 0 Å². The van der Waals surface area contributed by atoms with Gasteiger partial charge < -0.3 is 0 Å². The van der Waals surface area contributed by atoms with Gasteiger partial charge in [0.05, 0.1) is 18.0 Å². The molecule has 0 bridgehead atoms. The smallest absolute Gasteiger partial charge is 0.0655 e. The van der Waals surface area contributed by atoms with Crippen LogP contribution in [0, 0.1) is 0 Å². The summed E-state index contributed by atoms with van der Waals surface area (Å²) in [6, 6.07) is 2.06. The quantitative estimate of drug-likeness (QED) is 0.379. The number of fused-ring (bicyclic) bond motifs is 1. The molecule has 0 saturated heterocycles. The Hall–Kier alpha value is -1.32. The Morgan fingerprint density at radius 2 is 2.67 bits per heavy atom. The van der Waals surface area contributed by atoms with Crippen LogP contribution in [0.1, 0.15) is 15.3 Å². The van der Waals surface area contributed by atoms with Gasteiger partial charge in [-0.15, -0.1) is 11.3 Å². The van der Waals surface area contributed by atoms with E-state index in [2.05, 4.69) is 21.1 Å². The zero-order valence-corrected chi connectivity index (χ0v) is 7.08. The van der Waals surface area contributed by atoms with Crippen molar-refractivity contribution >= 4 is 17.6 Å². The summed E-state index contributed by atoms with van der Waals surface area (Å²) < 4.78 is 0. The average Bonchev–Trinajstić information content (AvgIpc) is 2.58. The lowest BCUT2D eigenvalue weighted by molar-refractivity contribution is 1.06. The highest BCUT2D eigenvalue weighted by molar-refractivity contribution is 7.14. The summed E-state index contributed by atoms with van der Waals surface area (Å²) in [6.07, 6.45) is 1.87. The lowest BCUT2D eigenvalue weighted by Gasteiger charge is -1.84. The molecule has 0 saturated carbocycles. The van der Waals surface area contributed by atoms with Crippen molar-refractivity contribution < 1.29 is 0 Å². The summed E-state index contributed by atoms with van der Waals surface area (Å²) in [5, 5.41) is 3.50. The van der Waals surface area contributed by atoms with Crippen LogP contribution in [0.2, 0.25) is 0 Å². The first-order valence-corrected chi connectivity index (χ1v) is 4.34. The summed E-state index contributed by atoms with van der Waals surface area (Å²) in [4.78, 5) is 9.15. The van der Waals surface area contributed by atoms with Gasteiger partial charge in [0.15, 0.2) is 0 Å². The van der Waals surface area contributed by atoms with E-state index in [9.17, 15) is 0 Å². The SMILES string of the molecule is [N-]=[N+]=NCc1cc2c(s1)C=NC2. The molecule has 4 nitrogen and oxygen atoms in total. The monoisotopic (exact) mass is 178 g/mol. The normalized spacial score (nSPS) is 12.7. The minimum absolute atomic E-state index is 0.460. The van der Waals surface area contributed by atoms with E-state index in [0.29, 0.717) is 6.54 Å². The molecule has 1 aliphatic rings. The fourth-order valence-corrected chi connectivity index (χ4v) is 2.13. The molecule has 2 rings (SSSR count). The molecule has 0 amide bonds. The topological polar surface area (TPSA) is 61.1 Å². The number of nitrogens with zero attached hydrogens (tertiary/aromatic N) is 4. The Bertz CT molecular complexity index is 373. The number of azide groups is 1. The minimum Gasteiger partial charge on any atom is -0.287 e. The van der Waals surface area contributed by atoms with Gasteiger partial charge in [-0.25, -0.2) is 0 Å². The summed E-state index contributed by atoms with van der Waals surface area (Å²) >= 11 is 1.65. The molecular weight excluding hydrogens is 172 g/mol. The van der Waals surface area contributed by atoms with Crippen molar-refractivity contribution in [2.45, 2.75) is 13.1 Å². The fraction of sp³-hybridized carbons (Fsp3) is 0.286. The molecule has 5 heteroatoms. The van der Waals surface area contributed by atoms with Crippen molar-refractivity contribution in [3.63, 3.8) is 0 Å². The first kappa shape index (κ1) is 7.34. The number of hydrogen-bond acceptors (Lipinski definition) is 3. The second-order valence-electron chi connectivity index (χ2n) is 2.46. The number of rotatable bonds is 2. The van der Waals surface area contributed by atoms with Crippen LogP contribution in [0.15, 0.2) is 16.2 Å². The molecule has 0 fully saturated rings. The van der Waals surface area contributed by atoms with Crippen LogP contribution in [-0.4, -0.2) is 6.21 Å². The third-order valence-electron chi connectivity index (χ3n) is 1.65. The number of aliphatic imine (C=N–C) groups is 1.